The summed E-state index contributed by atoms with van der Waals surface area (Å²) in [4.78, 5) is 11.4. The van der Waals surface area contributed by atoms with Gasteiger partial charge in [-0.1, -0.05) is 56.3 Å². The topological polar surface area (TPSA) is 37.3 Å². The summed E-state index contributed by atoms with van der Waals surface area (Å²) in [5, 5.41) is 9.38. The molecule has 0 aliphatic carbocycles. The van der Waals surface area contributed by atoms with Crippen LogP contribution in [0.5, 0.6) is 0 Å². The SMILES string of the molecule is CCc1ccccc1C(CC)c1ccccc1C(=O)O. The van der Waals surface area contributed by atoms with E-state index in [1.807, 2.05) is 24.3 Å². The first kappa shape index (κ1) is 14.3. The summed E-state index contributed by atoms with van der Waals surface area (Å²) in [5.74, 6) is -0.716. The molecule has 0 bridgehead atoms. The molecule has 2 aromatic rings. The molecule has 1 N–H and O–H groups in total. The van der Waals surface area contributed by atoms with E-state index in [2.05, 4.69) is 26.0 Å². The van der Waals surface area contributed by atoms with Crippen molar-refractivity contribution < 1.29 is 9.90 Å². The maximum absolute atomic E-state index is 11.4. The molecule has 0 saturated heterocycles. The van der Waals surface area contributed by atoms with Crippen molar-refractivity contribution in [2.24, 2.45) is 0 Å². The summed E-state index contributed by atoms with van der Waals surface area (Å²) in [5.41, 5.74) is 3.85. The Morgan fingerprint density at radius 2 is 1.60 bits per heavy atom. The van der Waals surface area contributed by atoms with Gasteiger partial charge < -0.3 is 5.11 Å². The molecule has 2 aromatic carbocycles. The predicted molar refractivity (Wildman–Crippen MR) is 81.4 cm³/mol. The number of aryl methyl sites for hydroxylation is 1. The van der Waals surface area contributed by atoms with Gasteiger partial charge in [-0.25, -0.2) is 4.79 Å². The fraction of sp³-hybridized carbons (Fsp3) is 0.278. The van der Waals surface area contributed by atoms with E-state index in [0.717, 1.165) is 18.4 Å². The Kier molecular flexibility index (Phi) is 4.57. The number of rotatable bonds is 5. The van der Waals surface area contributed by atoms with E-state index in [-0.39, 0.29) is 5.92 Å². The molecule has 2 heteroatoms. The Bertz CT molecular complexity index is 602. The number of carbonyl (C=O) groups is 1. The normalized spacial score (nSPS) is 12.1. The second-order valence-corrected chi connectivity index (χ2v) is 4.91. The average Bonchev–Trinajstić information content (AvgIpc) is 2.49. The molecule has 1 unspecified atom stereocenters. The van der Waals surface area contributed by atoms with Gasteiger partial charge in [-0.15, -0.1) is 0 Å². The smallest absolute Gasteiger partial charge is 0.335 e. The number of carboxylic acids is 1. The lowest BCUT2D eigenvalue weighted by Crippen LogP contribution is -2.09. The van der Waals surface area contributed by atoms with Crippen LogP contribution in [0.1, 0.15) is 53.2 Å². The summed E-state index contributed by atoms with van der Waals surface area (Å²) < 4.78 is 0. The van der Waals surface area contributed by atoms with Crippen molar-refractivity contribution in [2.75, 3.05) is 0 Å². The van der Waals surface area contributed by atoms with Crippen LogP contribution in [0.15, 0.2) is 48.5 Å². The number of carboxylic acid groups (broad SMARTS) is 1. The Labute approximate surface area is 120 Å². The highest BCUT2D eigenvalue weighted by Gasteiger charge is 2.20. The first-order chi connectivity index (χ1) is 9.69. The van der Waals surface area contributed by atoms with Crippen LogP contribution in [-0.2, 0) is 6.42 Å². The first-order valence-electron chi connectivity index (χ1n) is 7.09. The lowest BCUT2D eigenvalue weighted by Gasteiger charge is -2.21. The number of hydrogen-bond donors (Lipinski definition) is 1. The molecule has 1 atom stereocenters. The van der Waals surface area contributed by atoms with Crippen molar-refractivity contribution in [1.82, 2.24) is 0 Å². The predicted octanol–water partition coefficient (Wildman–Crippen LogP) is 4.49. The van der Waals surface area contributed by atoms with Gasteiger partial charge in [0.15, 0.2) is 0 Å². The molecule has 0 saturated carbocycles. The molecular formula is C18H20O2. The van der Waals surface area contributed by atoms with Crippen LogP contribution in [-0.4, -0.2) is 11.1 Å². The average molecular weight is 268 g/mol. The van der Waals surface area contributed by atoms with Crippen LogP contribution >= 0.6 is 0 Å². The van der Waals surface area contributed by atoms with Gasteiger partial charge in [0.25, 0.3) is 0 Å². The third-order valence-corrected chi connectivity index (χ3v) is 3.79. The Morgan fingerprint density at radius 3 is 2.20 bits per heavy atom. The summed E-state index contributed by atoms with van der Waals surface area (Å²) in [6, 6.07) is 15.6. The molecule has 0 amide bonds. The molecule has 0 fully saturated rings. The van der Waals surface area contributed by atoms with Crippen molar-refractivity contribution in [3.05, 3.63) is 70.8 Å². The molecule has 0 spiro atoms. The van der Waals surface area contributed by atoms with Crippen LogP contribution in [0.3, 0.4) is 0 Å². The second-order valence-electron chi connectivity index (χ2n) is 4.91. The number of benzene rings is 2. The van der Waals surface area contributed by atoms with E-state index in [1.54, 1.807) is 12.1 Å². The highest BCUT2D eigenvalue weighted by molar-refractivity contribution is 5.89. The summed E-state index contributed by atoms with van der Waals surface area (Å²) in [7, 11) is 0. The summed E-state index contributed by atoms with van der Waals surface area (Å²) in [6.45, 7) is 4.24. The van der Waals surface area contributed by atoms with Gasteiger partial charge in [-0.3, -0.25) is 0 Å². The summed E-state index contributed by atoms with van der Waals surface area (Å²) in [6.07, 6.45) is 1.85. The van der Waals surface area contributed by atoms with E-state index in [0.29, 0.717) is 5.56 Å². The van der Waals surface area contributed by atoms with E-state index in [4.69, 9.17) is 0 Å². The van der Waals surface area contributed by atoms with Crippen molar-refractivity contribution in [1.29, 1.82) is 0 Å². The minimum atomic E-state index is -0.854. The minimum absolute atomic E-state index is 0.137. The van der Waals surface area contributed by atoms with Crippen LogP contribution in [0.2, 0.25) is 0 Å². The third kappa shape index (κ3) is 2.74. The highest BCUT2D eigenvalue weighted by atomic mass is 16.4. The monoisotopic (exact) mass is 268 g/mol. The van der Waals surface area contributed by atoms with Crippen molar-refractivity contribution in [2.45, 2.75) is 32.6 Å². The van der Waals surface area contributed by atoms with E-state index < -0.39 is 5.97 Å². The molecule has 2 nitrogen and oxygen atoms in total. The molecule has 0 aliphatic rings. The molecule has 2 rings (SSSR count). The van der Waals surface area contributed by atoms with Gasteiger partial charge in [0, 0.05) is 5.92 Å². The molecular weight excluding hydrogens is 248 g/mol. The molecule has 0 aromatic heterocycles. The van der Waals surface area contributed by atoms with Crippen molar-refractivity contribution in [3.63, 3.8) is 0 Å². The maximum Gasteiger partial charge on any atom is 0.335 e. The Hall–Kier alpha value is -2.09. The second kappa shape index (κ2) is 6.38. The van der Waals surface area contributed by atoms with Crippen molar-refractivity contribution >= 4 is 5.97 Å². The van der Waals surface area contributed by atoms with Crippen LogP contribution in [0, 0.1) is 0 Å². The fourth-order valence-electron chi connectivity index (χ4n) is 2.80. The molecule has 0 aliphatic heterocycles. The van der Waals surface area contributed by atoms with Gasteiger partial charge in [-0.2, -0.15) is 0 Å². The lowest BCUT2D eigenvalue weighted by atomic mass is 9.83. The van der Waals surface area contributed by atoms with Gasteiger partial charge in [0.2, 0.25) is 0 Å². The van der Waals surface area contributed by atoms with E-state index in [1.165, 1.54) is 11.1 Å². The zero-order chi connectivity index (χ0) is 14.5. The standard InChI is InChI=1S/C18H20O2/c1-3-13-9-5-6-10-15(13)14(4-2)16-11-7-8-12-17(16)18(19)20/h5-12,14H,3-4H2,1-2H3,(H,19,20). The highest BCUT2D eigenvalue weighted by Crippen LogP contribution is 2.32. The minimum Gasteiger partial charge on any atom is -0.478 e. The fourth-order valence-corrected chi connectivity index (χ4v) is 2.80. The third-order valence-electron chi connectivity index (χ3n) is 3.79. The Morgan fingerprint density at radius 1 is 1.00 bits per heavy atom. The number of aromatic carboxylic acids is 1. The largest absolute Gasteiger partial charge is 0.478 e. The van der Waals surface area contributed by atoms with Crippen molar-refractivity contribution in [3.8, 4) is 0 Å². The van der Waals surface area contributed by atoms with Crippen LogP contribution < -0.4 is 0 Å². The molecule has 0 radical (unpaired) electrons. The van der Waals surface area contributed by atoms with E-state index in [9.17, 15) is 9.90 Å². The zero-order valence-electron chi connectivity index (χ0n) is 12.0. The van der Waals surface area contributed by atoms with Gasteiger partial charge >= 0.3 is 5.97 Å². The number of hydrogen-bond acceptors (Lipinski definition) is 1. The molecule has 104 valence electrons. The van der Waals surface area contributed by atoms with Gasteiger partial charge in [0.05, 0.1) is 5.56 Å². The maximum atomic E-state index is 11.4. The molecule has 0 heterocycles. The zero-order valence-corrected chi connectivity index (χ0v) is 12.0. The summed E-state index contributed by atoms with van der Waals surface area (Å²) >= 11 is 0. The van der Waals surface area contributed by atoms with Crippen LogP contribution in [0.25, 0.3) is 0 Å². The van der Waals surface area contributed by atoms with E-state index >= 15 is 0 Å². The van der Waals surface area contributed by atoms with Gasteiger partial charge in [-0.05, 0) is 35.6 Å². The molecule has 20 heavy (non-hydrogen) atoms. The van der Waals surface area contributed by atoms with Crippen LogP contribution in [0.4, 0.5) is 0 Å². The first-order valence-corrected chi connectivity index (χ1v) is 7.09. The quantitative estimate of drug-likeness (QED) is 0.867. The Balaban J connectivity index is 2.56. The lowest BCUT2D eigenvalue weighted by molar-refractivity contribution is 0.0695. The van der Waals surface area contributed by atoms with Gasteiger partial charge in [0.1, 0.15) is 0 Å².